The molecular formula is C91H79NO2. The molecule has 2 heterocycles. The molecule has 0 unspecified atom stereocenters. The van der Waals surface area contributed by atoms with Crippen LogP contribution in [0.1, 0.15) is 172 Å². The van der Waals surface area contributed by atoms with Crippen molar-refractivity contribution in [2.75, 3.05) is 4.90 Å². The minimum Gasteiger partial charge on any atom is -0.457 e. The lowest BCUT2D eigenvalue weighted by molar-refractivity contribution is 0.433. The smallest absolute Gasteiger partial charge is 0.156 e. The Morgan fingerprint density at radius 1 is 0.245 bits per heavy atom. The molecule has 0 fully saturated rings. The van der Waals surface area contributed by atoms with E-state index in [-0.39, 0.29) is 21.7 Å². The third kappa shape index (κ3) is 8.03. The van der Waals surface area contributed by atoms with Crippen LogP contribution >= 0.6 is 0 Å². The summed E-state index contributed by atoms with van der Waals surface area (Å²) in [6.45, 7) is 28.0. The Bertz CT molecular complexity index is 4970. The summed E-state index contributed by atoms with van der Waals surface area (Å²) >= 11 is 0. The van der Waals surface area contributed by atoms with Crippen LogP contribution in [0.4, 0.5) is 17.1 Å². The van der Waals surface area contributed by atoms with E-state index < -0.39 is 16.2 Å². The molecule has 0 amide bonds. The fraction of sp³-hybridized carbons (Fsp3) is 0.209. The van der Waals surface area contributed by atoms with Crippen molar-refractivity contribution < 1.29 is 9.47 Å². The summed E-state index contributed by atoms with van der Waals surface area (Å²) in [5, 5.41) is 0. The average Bonchev–Trinajstić information content (AvgIpc) is 1.47. The summed E-state index contributed by atoms with van der Waals surface area (Å²) in [6.07, 6.45) is 0. The van der Waals surface area contributed by atoms with Gasteiger partial charge in [0.15, 0.2) is 5.75 Å². The molecule has 17 rings (SSSR count). The number of rotatable bonds is 5. The SMILES string of the molecule is CC(C)(C)c1ccc2c(c1)C1(c3cc(C(C)(C)C)ccc3O2)c2ccccc2-c2ccc(N(c3ccc4c(c3)C(c3ccccc3)(c3ccccc3)c3ccccc3-4)c3cccc4c3Oc3ccccc3C43c4cc(C(C)(C)C)ccc4-c4ccc(C(C)(C)C)cc43)cc21. The zero-order valence-corrected chi connectivity index (χ0v) is 56.1. The molecular weight excluding hydrogens is 1140 g/mol. The van der Waals surface area contributed by atoms with Crippen molar-refractivity contribution in [3.05, 3.63) is 350 Å². The summed E-state index contributed by atoms with van der Waals surface area (Å²) in [5.41, 5.74) is 27.3. The summed E-state index contributed by atoms with van der Waals surface area (Å²) in [4.78, 5) is 2.55. The predicted octanol–water partition coefficient (Wildman–Crippen LogP) is 23.6. The van der Waals surface area contributed by atoms with Gasteiger partial charge in [0.25, 0.3) is 0 Å². The second-order valence-corrected chi connectivity index (χ2v) is 31.2. The summed E-state index contributed by atoms with van der Waals surface area (Å²) in [7, 11) is 0. The molecule has 3 aliphatic carbocycles. The highest BCUT2D eigenvalue weighted by molar-refractivity contribution is 5.96. The fourth-order valence-corrected chi connectivity index (χ4v) is 17.1. The van der Waals surface area contributed by atoms with Crippen LogP contribution in [0, 0.1) is 0 Å². The van der Waals surface area contributed by atoms with E-state index >= 15 is 0 Å². The molecule has 0 saturated carbocycles. The van der Waals surface area contributed by atoms with Gasteiger partial charge in [-0.2, -0.15) is 0 Å². The van der Waals surface area contributed by atoms with Gasteiger partial charge in [-0.3, -0.25) is 0 Å². The van der Waals surface area contributed by atoms with E-state index in [1.165, 1.54) is 100 Å². The molecule has 0 bridgehead atoms. The van der Waals surface area contributed by atoms with Gasteiger partial charge in [0.2, 0.25) is 0 Å². The molecule has 12 aromatic carbocycles. The number of benzene rings is 12. The molecule has 0 radical (unpaired) electrons. The molecule has 5 aliphatic rings. The van der Waals surface area contributed by atoms with Crippen molar-refractivity contribution in [1.29, 1.82) is 0 Å². The monoisotopic (exact) mass is 1220 g/mol. The number of fused-ring (bicyclic) bond motifs is 21. The molecule has 460 valence electrons. The molecule has 3 nitrogen and oxygen atoms in total. The Balaban J connectivity index is 1.00. The normalized spacial score (nSPS) is 15.2. The van der Waals surface area contributed by atoms with Crippen LogP contribution in [0.5, 0.6) is 23.0 Å². The highest BCUT2D eigenvalue weighted by atomic mass is 16.5. The Labute approximate surface area is 555 Å². The first kappa shape index (κ1) is 57.9. The molecule has 0 aromatic heterocycles. The number of anilines is 3. The third-order valence-corrected chi connectivity index (χ3v) is 21.7. The van der Waals surface area contributed by atoms with E-state index in [1.807, 2.05) is 0 Å². The van der Waals surface area contributed by atoms with E-state index in [4.69, 9.17) is 9.47 Å². The van der Waals surface area contributed by atoms with Crippen molar-refractivity contribution in [1.82, 2.24) is 0 Å². The third-order valence-electron chi connectivity index (χ3n) is 21.7. The van der Waals surface area contributed by atoms with Gasteiger partial charge < -0.3 is 14.4 Å². The molecule has 2 aliphatic heterocycles. The van der Waals surface area contributed by atoms with Crippen LogP contribution in [0.2, 0.25) is 0 Å². The zero-order chi connectivity index (χ0) is 64.6. The number of para-hydroxylation sites is 2. The fourth-order valence-electron chi connectivity index (χ4n) is 17.1. The van der Waals surface area contributed by atoms with E-state index in [1.54, 1.807) is 0 Å². The van der Waals surface area contributed by atoms with Crippen LogP contribution in [0.25, 0.3) is 33.4 Å². The number of ether oxygens (including phenoxy) is 2. The zero-order valence-electron chi connectivity index (χ0n) is 56.1. The van der Waals surface area contributed by atoms with Gasteiger partial charge in [-0.05, 0) is 182 Å². The van der Waals surface area contributed by atoms with Gasteiger partial charge >= 0.3 is 0 Å². The second-order valence-electron chi connectivity index (χ2n) is 31.2. The van der Waals surface area contributed by atoms with Crippen LogP contribution in [0.3, 0.4) is 0 Å². The highest BCUT2D eigenvalue weighted by Crippen LogP contribution is 2.68. The lowest BCUT2D eigenvalue weighted by Gasteiger charge is -2.42. The molecule has 0 N–H and O–H groups in total. The summed E-state index contributed by atoms with van der Waals surface area (Å²) in [6, 6.07) is 99.7. The van der Waals surface area contributed by atoms with Crippen LogP contribution in [-0.4, -0.2) is 0 Å². The first-order chi connectivity index (χ1) is 45.1. The van der Waals surface area contributed by atoms with Gasteiger partial charge in [-0.25, -0.2) is 0 Å². The lowest BCUT2D eigenvalue weighted by atomic mass is 9.64. The Morgan fingerprint density at radius 3 is 1.06 bits per heavy atom. The van der Waals surface area contributed by atoms with Gasteiger partial charge in [0.05, 0.1) is 21.9 Å². The first-order valence-electron chi connectivity index (χ1n) is 33.7. The maximum atomic E-state index is 7.85. The van der Waals surface area contributed by atoms with Crippen molar-refractivity contribution in [2.24, 2.45) is 0 Å². The summed E-state index contributed by atoms with van der Waals surface area (Å²) in [5.74, 6) is 3.43. The molecule has 12 aromatic rings. The topological polar surface area (TPSA) is 21.7 Å². The molecule has 2 spiro atoms. The number of hydrogen-bond donors (Lipinski definition) is 0. The summed E-state index contributed by atoms with van der Waals surface area (Å²) < 4.78 is 15.1. The molecule has 0 atom stereocenters. The second kappa shape index (κ2) is 20.0. The van der Waals surface area contributed by atoms with Gasteiger partial charge in [0.1, 0.15) is 17.2 Å². The van der Waals surface area contributed by atoms with Crippen molar-refractivity contribution in [3.8, 4) is 56.4 Å². The molecule has 3 heteroatoms. The minimum absolute atomic E-state index is 0.117. The van der Waals surface area contributed by atoms with Crippen molar-refractivity contribution >= 4 is 17.1 Å². The van der Waals surface area contributed by atoms with Gasteiger partial charge in [0, 0.05) is 33.6 Å². The average molecular weight is 1220 g/mol. The minimum atomic E-state index is -0.781. The standard InChI is InChI=1S/C91H79NO2/c1-85(2,3)58-38-44-66-67-45-39-59(86(4,5)6)51-75(67)91(74(66)50-58)72-34-23-24-37-81(72)94-84-73(91)35-25-36-80(84)92(62-42-46-68-64-30-19-21-32-70(64)89(76(68)54-62,56-26-15-13-16-27-56)57-28-17-14-18-29-57)63-43-47-69-65-31-20-22-33-71(65)90(77(69)55-63)78-52-60(87(7,8)9)40-48-82(78)93-83-49-41-61(53-79(83)90)88(10,11)12/h13-55H,1-12H3. The van der Waals surface area contributed by atoms with E-state index in [9.17, 15) is 0 Å². The lowest BCUT2D eigenvalue weighted by Crippen LogP contribution is -2.34. The predicted molar refractivity (Wildman–Crippen MR) is 388 cm³/mol. The Hall–Kier alpha value is -9.96. The maximum absolute atomic E-state index is 7.85. The van der Waals surface area contributed by atoms with Crippen molar-refractivity contribution in [2.45, 2.75) is 121 Å². The van der Waals surface area contributed by atoms with E-state index in [2.05, 4.69) is 349 Å². The number of hydrogen-bond acceptors (Lipinski definition) is 3. The van der Waals surface area contributed by atoms with E-state index in [0.717, 1.165) is 62.3 Å². The van der Waals surface area contributed by atoms with Crippen LogP contribution in [0.15, 0.2) is 261 Å². The largest absolute Gasteiger partial charge is 0.457 e. The Kier molecular flexibility index (Phi) is 12.3. The molecule has 0 saturated heterocycles. The van der Waals surface area contributed by atoms with Crippen LogP contribution in [-0.2, 0) is 37.9 Å². The van der Waals surface area contributed by atoms with Crippen LogP contribution < -0.4 is 14.4 Å². The van der Waals surface area contributed by atoms with Gasteiger partial charge in [-0.1, -0.05) is 283 Å². The molecule has 94 heavy (non-hydrogen) atoms. The van der Waals surface area contributed by atoms with Gasteiger partial charge in [-0.15, -0.1) is 0 Å². The van der Waals surface area contributed by atoms with Crippen molar-refractivity contribution in [3.63, 3.8) is 0 Å². The van der Waals surface area contributed by atoms with E-state index in [0.29, 0.717) is 0 Å². The maximum Gasteiger partial charge on any atom is 0.156 e. The number of nitrogens with zero attached hydrogens (tertiary/aromatic N) is 1. The quantitative estimate of drug-likeness (QED) is 0.171. The first-order valence-corrected chi connectivity index (χ1v) is 33.7. The Morgan fingerprint density at radius 2 is 0.585 bits per heavy atom. The highest BCUT2D eigenvalue weighted by Gasteiger charge is 2.55.